The van der Waals surface area contributed by atoms with E-state index in [4.69, 9.17) is 0 Å². The highest BCUT2D eigenvalue weighted by Gasteiger charge is 2.15. The van der Waals surface area contributed by atoms with Crippen molar-refractivity contribution in [1.82, 2.24) is 25.5 Å². The number of nitrogens with one attached hydrogen (secondary N) is 3. The van der Waals surface area contributed by atoms with Gasteiger partial charge < -0.3 is 10.6 Å². The lowest BCUT2D eigenvalue weighted by Crippen LogP contribution is -2.27. The van der Waals surface area contributed by atoms with Gasteiger partial charge >= 0.3 is 0 Å². The van der Waals surface area contributed by atoms with Crippen LogP contribution in [0, 0.1) is 5.82 Å². The van der Waals surface area contributed by atoms with Gasteiger partial charge in [0.2, 0.25) is 0 Å². The molecule has 0 unspecified atom stereocenters. The molecule has 2 rings (SSSR count). The fraction of sp³-hybridized carbons (Fsp3) is 0.385. The molecule has 2 aromatic heterocycles. The molecule has 0 fully saturated rings. The predicted octanol–water partition coefficient (Wildman–Crippen LogP) is 1.13. The van der Waals surface area contributed by atoms with Gasteiger partial charge in [0.05, 0.1) is 5.56 Å². The lowest BCUT2D eigenvalue weighted by Gasteiger charge is -2.09. The van der Waals surface area contributed by atoms with Crippen LogP contribution in [0.5, 0.6) is 0 Å². The first-order valence-corrected chi connectivity index (χ1v) is 6.73. The minimum absolute atomic E-state index is 0.0267. The van der Waals surface area contributed by atoms with Gasteiger partial charge in [-0.15, -0.1) is 0 Å². The number of halogens is 1. The van der Waals surface area contributed by atoms with Crippen LogP contribution in [0.3, 0.4) is 0 Å². The Morgan fingerprint density at radius 3 is 2.95 bits per heavy atom. The molecule has 2 aromatic rings. The smallest absolute Gasteiger partial charge is 0.254 e. The highest BCUT2D eigenvalue weighted by Crippen LogP contribution is 2.14. The lowest BCUT2D eigenvalue weighted by atomic mass is 10.2. The van der Waals surface area contributed by atoms with E-state index in [-0.39, 0.29) is 11.4 Å². The summed E-state index contributed by atoms with van der Waals surface area (Å²) in [6.45, 7) is 2.90. The van der Waals surface area contributed by atoms with Gasteiger partial charge in [0, 0.05) is 25.7 Å². The van der Waals surface area contributed by atoms with Crippen molar-refractivity contribution in [3.8, 4) is 0 Å². The number of aromatic amines is 1. The van der Waals surface area contributed by atoms with E-state index in [0.717, 1.165) is 6.42 Å². The molecular weight excluding hydrogens is 275 g/mol. The van der Waals surface area contributed by atoms with E-state index in [2.05, 4.69) is 30.8 Å². The van der Waals surface area contributed by atoms with Crippen LogP contribution in [0.1, 0.15) is 29.5 Å². The Labute approximate surface area is 121 Å². The van der Waals surface area contributed by atoms with E-state index in [0.29, 0.717) is 25.3 Å². The van der Waals surface area contributed by atoms with Gasteiger partial charge in [0.15, 0.2) is 11.6 Å². The lowest BCUT2D eigenvalue weighted by molar-refractivity contribution is 0.0950. The van der Waals surface area contributed by atoms with Crippen LogP contribution in [-0.2, 0) is 6.42 Å². The molecule has 0 radical (unpaired) electrons. The van der Waals surface area contributed by atoms with Gasteiger partial charge in [-0.1, -0.05) is 6.92 Å². The summed E-state index contributed by atoms with van der Waals surface area (Å²) in [5.74, 6) is -0.354. The minimum atomic E-state index is -0.636. The number of anilines is 1. The summed E-state index contributed by atoms with van der Waals surface area (Å²) in [6.07, 6.45) is 4.14. The van der Waals surface area contributed by atoms with Crippen LogP contribution in [0.25, 0.3) is 0 Å². The third-order valence-electron chi connectivity index (χ3n) is 2.79. The number of nitrogens with zero attached hydrogens (tertiary/aromatic N) is 3. The summed E-state index contributed by atoms with van der Waals surface area (Å²) in [4.78, 5) is 19.8. The Morgan fingerprint density at radius 2 is 2.24 bits per heavy atom. The number of carbonyl (C=O) groups excluding carboxylic acids is 1. The molecule has 21 heavy (non-hydrogen) atoms. The molecule has 2 heterocycles. The Morgan fingerprint density at radius 1 is 1.38 bits per heavy atom. The molecule has 0 saturated heterocycles. The van der Waals surface area contributed by atoms with Crippen molar-refractivity contribution >= 4 is 11.7 Å². The van der Waals surface area contributed by atoms with Gasteiger partial charge in [0.1, 0.15) is 12.2 Å². The molecule has 0 aliphatic carbocycles. The summed E-state index contributed by atoms with van der Waals surface area (Å²) >= 11 is 0. The molecule has 0 aliphatic rings. The normalized spacial score (nSPS) is 10.4. The Balaban J connectivity index is 1.95. The zero-order valence-corrected chi connectivity index (χ0v) is 11.7. The summed E-state index contributed by atoms with van der Waals surface area (Å²) in [6, 6.07) is 1.36. The van der Waals surface area contributed by atoms with E-state index in [9.17, 15) is 9.18 Å². The molecule has 3 N–H and O–H groups in total. The molecule has 1 amide bonds. The number of carbonyl (C=O) groups is 1. The second-order valence-electron chi connectivity index (χ2n) is 4.39. The van der Waals surface area contributed by atoms with Crippen LogP contribution in [-0.4, -0.2) is 39.2 Å². The fourth-order valence-electron chi connectivity index (χ4n) is 1.73. The van der Waals surface area contributed by atoms with Gasteiger partial charge in [-0.2, -0.15) is 5.10 Å². The molecule has 7 nitrogen and oxygen atoms in total. The summed E-state index contributed by atoms with van der Waals surface area (Å²) in [7, 11) is 0. The highest BCUT2D eigenvalue weighted by molar-refractivity contribution is 5.95. The standard InChI is InChI=1S/C13H17FN6O/c1-2-5-15-12-11(14)9(3-6-16-12)13(21)17-7-4-10-18-8-19-20-10/h3,6,8H,2,4-5,7H2,1H3,(H,15,16)(H,17,21)(H,18,19,20). The van der Waals surface area contributed by atoms with Crippen molar-refractivity contribution in [3.63, 3.8) is 0 Å². The number of hydrogen-bond acceptors (Lipinski definition) is 5. The summed E-state index contributed by atoms with van der Waals surface area (Å²) in [5, 5.41) is 11.9. The van der Waals surface area contributed by atoms with E-state index in [1.165, 1.54) is 18.6 Å². The van der Waals surface area contributed by atoms with Crippen molar-refractivity contribution in [1.29, 1.82) is 0 Å². The third-order valence-corrected chi connectivity index (χ3v) is 2.79. The first-order chi connectivity index (χ1) is 10.2. The Kier molecular flexibility index (Phi) is 5.19. The minimum Gasteiger partial charge on any atom is -0.368 e. The van der Waals surface area contributed by atoms with Crippen LogP contribution >= 0.6 is 0 Å². The van der Waals surface area contributed by atoms with Crippen LogP contribution in [0.4, 0.5) is 10.2 Å². The molecule has 0 aliphatic heterocycles. The first kappa shape index (κ1) is 14.9. The largest absolute Gasteiger partial charge is 0.368 e. The summed E-state index contributed by atoms with van der Waals surface area (Å²) in [5.41, 5.74) is -0.0267. The SMILES string of the molecule is CCCNc1nccc(C(=O)NCCc2ncn[nH]2)c1F. The number of rotatable bonds is 7. The van der Waals surface area contributed by atoms with Gasteiger partial charge in [0.25, 0.3) is 5.91 Å². The maximum absolute atomic E-state index is 14.1. The number of H-pyrrole nitrogens is 1. The molecule has 0 aromatic carbocycles. The molecule has 0 spiro atoms. The average molecular weight is 292 g/mol. The molecule has 0 atom stereocenters. The number of hydrogen-bond donors (Lipinski definition) is 3. The van der Waals surface area contributed by atoms with Crippen LogP contribution < -0.4 is 10.6 Å². The zero-order chi connectivity index (χ0) is 15.1. The maximum atomic E-state index is 14.1. The number of aromatic nitrogens is 4. The van der Waals surface area contributed by atoms with Crippen molar-refractivity contribution in [2.45, 2.75) is 19.8 Å². The topological polar surface area (TPSA) is 95.6 Å². The monoisotopic (exact) mass is 292 g/mol. The van der Waals surface area contributed by atoms with Crippen molar-refractivity contribution in [2.75, 3.05) is 18.4 Å². The highest BCUT2D eigenvalue weighted by atomic mass is 19.1. The zero-order valence-electron chi connectivity index (χ0n) is 11.7. The Bertz CT molecular complexity index is 586. The van der Waals surface area contributed by atoms with Crippen molar-refractivity contribution in [3.05, 3.63) is 35.8 Å². The number of amides is 1. The van der Waals surface area contributed by atoms with Crippen molar-refractivity contribution < 1.29 is 9.18 Å². The van der Waals surface area contributed by atoms with Gasteiger partial charge in [-0.25, -0.2) is 14.4 Å². The van der Waals surface area contributed by atoms with E-state index < -0.39 is 11.7 Å². The summed E-state index contributed by atoms with van der Waals surface area (Å²) < 4.78 is 14.1. The third kappa shape index (κ3) is 3.98. The fourth-order valence-corrected chi connectivity index (χ4v) is 1.73. The van der Waals surface area contributed by atoms with E-state index >= 15 is 0 Å². The molecule has 0 saturated carbocycles. The van der Waals surface area contributed by atoms with Gasteiger partial charge in [-0.3, -0.25) is 9.89 Å². The number of pyridine rings is 1. The molecule has 0 bridgehead atoms. The quantitative estimate of drug-likeness (QED) is 0.711. The van der Waals surface area contributed by atoms with E-state index in [1.54, 1.807) is 0 Å². The Hall–Kier alpha value is -2.51. The molecule has 112 valence electrons. The van der Waals surface area contributed by atoms with Gasteiger partial charge in [-0.05, 0) is 12.5 Å². The second kappa shape index (κ2) is 7.32. The maximum Gasteiger partial charge on any atom is 0.254 e. The van der Waals surface area contributed by atoms with Crippen LogP contribution in [0.2, 0.25) is 0 Å². The average Bonchev–Trinajstić information content (AvgIpc) is 2.99. The van der Waals surface area contributed by atoms with Crippen LogP contribution in [0.15, 0.2) is 18.6 Å². The predicted molar refractivity (Wildman–Crippen MR) is 75.4 cm³/mol. The van der Waals surface area contributed by atoms with Crippen molar-refractivity contribution in [2.24, 2.45) is 0 Å². The molecule has 8 heteroatoms. The second-order valence-corrected chi connectivity index (χ2v) is 4.39. The van der Waals surface area contributed by atoms with E-state index in [1.807, 2.05) is 6.92 Å². The first-order valence-electron chi connectivity index (χ1n) is 6.73. The molecular formula is C13H17FN6O.